The van der Waals surface area contributed by atoms with E-state index in [1.807, 2.05) is 19.1 Å². The number of ether oxygens (including phenoxy) is 2. The Morgan fingerprint density at radius 3 is 2.21 bits per heavy atom. The highest BCUT2D eigenvalue weighted by Gasteiger charge is 2.18. The summed E-state index contributed by atoms with van der Waals surface area (Å²) < 4.78 is 10.7. The molecule has 2 aromatic rings. The number of rotatable bonds is 4. The van der Waals surface area contributed by atoms with E-state index in [4.69, 9.17) is 15.2 Å². The van der Waals surface area contributed by atoms with E-state index in [1.54, 1.807) is 25.6 Å². The molecule has 102 valence electrons. The van der Waals surface area contributed by atoms with Crippen molar-refractivity contribution < 1.29 is 9.47 Å². The summed E-state index contributed by atoms with van der Waals surface area (Å²) in [5, 5.41) is 2.07. The van der Waals surface area contributed by atoms with Crippen molar-refractivity contribution in [2.45, 2.75) is 19.9 Å². The van der Waals surface area contributed by atoms with Gasteiger partial charge in [0.2, 0.25) is 0 Å². The third-order valence-corrected chi connectivity index (χ3v) is 4.39. The lowest BCUT2D eigenvalue weighted by atomic mass is 9.98. The summed E-state index contributed by atoms with van der Waals surface area (Å²) in [5.74, 6) is 1.45. The van der Waals surface area contributed by atoms with E-state index >= 15 is 0 Å². The van der Waals surface area contributed by atoms with Crippen molar-refractivity contribution in [2.24, 2.45) is 5.73 Å². The van der Waals surface area contributed by atoms with Gasteiger partial charge in [0.15, 0.2) is 11.5 Å². The second kappa shape index (κ2) is 5.63. The molecule has 1 aromatic carbocycles. The Kier molecular flexibility index (Phi) is 4.12. The molecule has 1 unspecified atom stereocenters. The number of hydrogen-bond acceptors (Lipinski definition) is 4. The summed E-state index contributed by atoms with van der Waals surface area (Å²) in [6.45, 7) is 4.13. The van der Waals surface area contributed by atoms with Crippen molar-refractivity contribution in [1.82, 2.24) is 0 Å². The van der Waals surface area contributed by atoms with Crippen molar-refractivity contribution in [2.75, 3.05) is 14.2 Å². The fraction of sp³-hybridized carbons (Fsp3) is 0.333. The Hall–Kier alpha value is -1.52. The first kappa shape index (κ1) is 13.9. The summed E-state index contributed by atoms with van der Waals surface area (Å²) in [4.78, 5) is 1.19. The quantitative estimate of drug-likeness (QED) is 0.931. The SMILES string of the molecule is COc1cc(C)c(C(N)c2sccc2C)cc1OC. The van der Waals surface area contributed by atoms with E-state index in [2.05, 4.69) is 18.4 Å². The highest BCUT2D eigenvalue weighted by Crippen LogP contribution is 2.36. The first-order valence-electron chi connectivity index (χ1n) is 6.10. The molecular weight excluding hydrogens is 258 g/mol. The van der Waals surface area contributed by atoms with Crippen molar-refractivity contribution >= 4 is 11.3 Å². The van der Waals surface area contributed by atoms with E-state index < -0.39 is 0 Å². The summed E-state index contributed by atoms with van der Waals surface area (Å²) in [6, 6.07) is 5.91. The minimum absolute atomic E-state index is 0.125. The Bertz CT molecular complexity index is 578. The maximum Gasteiger partial charge on any atom is 0.161 e. The molecule has 0 aliphatic heterocycles. The predicted molar refractivity (Wildman–Crippen MR) is 79.4 cm³/mol. The van der Waals surface area contributed by atoms with Gasteiger partial charge in [0.05, 0.1) is 20.3 Å². The average Bonchev–Trinajstić information content (AvgIpc) is 2.83. The number of methoxy groups -OCH3 is 2. The standard InChI is InChI=1S/C15H19NO2S/c1-9-5-6-19-15(9)14(16)11-8-13(18-4)12(17-3)7-10(11)2/h5-8,14H,16H2,1-4H3. The predicted octanol–water partition coefficient (Wildman–Crippen LogP) is 3.43. The van der Waals surface area contributed by atoms with Gasteiger partial charge < -0.3 is 15.2 Å². The Balaban J connectivity index is 2.48. The molecule has 19 heavy (non-hydrogen) atoms. The van der Waals surface area contributed by atoms with Gasteiger partial charge in [-0.05, 0) is 54.1 Å². The highest BCUT2D eigenvalue weighted by atomic mass is 32.1. The van der Waals surface area contributed by atoms with Crippen molar-refractivity contribution in [1.29, 1.82) is 0 Å². The minimum Gasteiger partial charge on any atom is -0.493 e. The largest absolute Gasteiger partial charge is 0.493 e. The molecule has 0 saturated heterocycles. The molecule has 0 aliphatic rings. The van der Waals surface area contributed by atoms with Crippen molar-refractivity contribution in [3.8, 4) is 11.5 Å². The lowest BCUT2D eigenvalue weighted by molar-refractivity contribution is 0.354. The topological polar surface area (TPSA) is 44.5 Å². The van der Waals surface area contributed by atoms with Gasteiger partial charge in [0.25, 0.3) is 0 Å². The molecule has 2 rings (SSSR count). The number of thiophene rings is 1. The normalized spacial score (nSPS) is 12.3. The van der Waals surface area contributed by atoms with Gasteiger partial charge in [0, 0.05) is 4.88 Å². The fourth-order valence-electron chi connectivity index (χ4n) is 2.18. The molecule has 0 aliphatic carbocycles. The van der Waals surface area contributed by atoms with Crippen LogP contribution in [-0.4, -0.2) is 14.2 Å². The van der Waals surface area contributed by atoms with E-state index in [-0.39, 0.29) is 6.04 Å². The lowest BCUT2D eigenvalue weighted by Crippen LogP contribution is -2.13. The fourth-order valence-corrected chi connectivity index (χ4v) is 3.12. The number of aryl methyl sites for hydroxylation is 2. The molecule has 3 nitrogen and oxygen atoms in total. The molecule has 0 saturated carbocycles. The van der Waals surface area contributed by atoms with Crippen molar-refractivity contribution in [3.63, 3.8) is 0 Å². The maximum atomic E-state index is 6.39. The molecule has 0 amide bonds. The molecule has 4 heteroatoms. The molecular formula is C15H19NO2S. The summed E-state index contributed by atoms with van der Waals surface area (Å²) >= 11 is 1.69. The van der Waals surface area contributed by atoms with Crippen LogP contribution in [0.1, 0.15) is 27.6 Å². The van der Waals surface area contributed by atoms with Crippen LogP contribution in [0.2, 0.25) is 0 Å². The zero-order chi connectivity index (χ0) is 14.0. The van der Waals surface area contributed by atoms with Crippen LogP contribution < -0.4 is 15.2 Å². The molecule has 0 bridgehead atoms. The van der Waals surface area contributed by atoms with Crippen molar-refractivity contribution in [3.05, 3.63) is 45.1 Å². The van der Waals surface area contributed by atoms with Gasteiger partial charge in [-0.25, -0.2) is 0 Å². The van der Waals surface area contributed by atoms with E-state index in [0.29, 0.717) is 5.75 Å². The molecule has 0 spiro atoms. The van der Waals surface area contributed by atoms with Crippen LogP contribution in [0, 0.1) is 13.8 Å². The number of benzene rings is 1. The van der Waals surface area contributed by atoms with Crippen LogP contribution in [0.5, 0.6) is 11.5 Å². The van der Waals surface area contributed by atoms with Gasteiger partial charge in [0.1, 0.15) is 0 Å². The van der Waals surface area contributed by atoms with Gasteiger partial charge in [-0.15, -0.1) is 11.3 Å². The highest BCUT2D eigenvalue weighted by molar-refractivity contribution is 7.10. The van der Waals surface area contributed by atoms with Crippen LogP contribution in [0.4, 0.5) is 0 Å². The smallest absolute Gasteiger partial charge is 0.161 e. The van der Waals surface area contributed by atoms with Gasteiger partial charge in [-0.3, -0.25) is 0 Å². The Morgan fingerprint density at radius 1 is 1.05 bits per heavy atom. The summed E-state index contributed by atoms with van der Waals surface area (Å²) in [5.41, 5.74) is 9.80. The molecule has 1 heterocycles. The molecule has 1 aromatic heterocycles. The summed E-state index contributed by atoms with van der Waals surface area (Å²) in [6.07, 6.45) is 0. The number of nitrogens with two attached hydrogens (primary N) is 1. The second-order valence-corrected chi connectivity index (χ2v) is 5.46. The third-order valence-electron chi connectivity index (χ3n) is 3.29. The first-order chi connectivity index (χ1) is 9.08. The van der Waals surface area contributed by atoms with Gasteiger partial charge in [-0.1, -0.05) is 0 Å². The molecule has 1 atom stereocenters. The van der Waals surface area contributed by atoms with Crippen LogP contribution in [-0.2, 0) is 0 Å². The van der Waals surface area contributed by atoms with E-state index in [0.717, 1.165) is 16.9 Å². The summed E-state index contributed by atoms with van der Waals surface area (Å²) in [7, 11) is 3.28. The average molecular weight is 277 g/mol. The molecule has 0 radical (unpaired) electrons. The second-order valence-electron chi connectivity index (χ2n) is 4.51. The number of hydrogen-bond donors (Lipinski definition) is 1. The van der Waals surface area contributed by atoms with Gasteiger partial charge >= 0.3 is 0 Å². The van der Waals surface area contributed by atoms with Crippen LogP contribution in [0.3, 0.4) is 0 Å². The lowest BCUT2D eigenvalue weighted by Gasteiger charge is -2.17. The van der Waals surface area contributed by atoms with Crippen LogP contribution >= 0.6 is 11.3 Å². The van der Waals surface area contributed by atoms with Gasteiger partial charge in [-0.2, -0.15) is 0 Å². The molecule has 0 fully saturated rings. The van der Waals surface area contributed by atoms with Crippen LogP contribution in [0.15, 0.2) is 23.6 Å². The first-order valence-corrected chi connectivity index (χ1v) is 6.98. The maximum absolute atomic E-state index is 6.39. The van der Waals surface area contributed by atoms with E-state index in [1.165, 1.54) is 10.4 Å². The third kappa shape index (κ3) is 2.60. The Labute approximate surface area is 118 Å². The minimum atomic E-state index is -0.125. The zero-order valence-electron chi connectivity index (χ0n) is 11.7. The van der Waals surface area contributed by atoms with Crippen LogP contribution in [0.25, 0.3) is 0 Å². The molecule has 2 N–H and O–H groups in total. The van der Waals surface area contributed by atoms with E-state index in [9.17, 15) is 0 Å². The zero-order valence-corrected chi connectivity index (χ0v) is 12.5. The Morgan fingerprint density at radius 2 is 1.68 bits per heavy atom. The monoisotopic (exact) mass is 277 g/mol.